The Labute approximate surface area is 98.0 Å². The van der Waals surface area contributed by atoms with Crippen molar-refractivity contribution in [2.75, 3.05) is 19.7 Å². The van der Waals surface area contributed by atoms with E-state index in [4.69, 9.17) is 4.74 Å². The second-order valence-electron chi connectivity index (χ2n) is 3.82. The minimum absolute atomic E-state index is 0.0672. The monoisotopic (exact) mass is 237 g/mol. The highest BCUT2D eigenvalue weighted by Gasteiger charge is 2.22. The van der Waals surface area contributed by atoms with E-state index in [-0.39, 0.29) is 17.9 Å². The molecule has 0 atom stereocenters. The molecule has 1 saturated heterocycles. The summed E-state index contributed by atoms with van der Waals surface area (Å²) in [5.41, 5.74) is 0.267. The summed E-state index contributed by atoms with van der Waals surface area (Å²) in [5.74, 6) is -0.750. The summed E-state index contributed by atoms with van der Waals surface area (Å²) in [5, 5.41) is 0. The number of Topliss-reactive ketones (excluding diaryl/α,β-unsaturated/α-hetero) is 1. The molecule has 1 aromatic rings. The van der Waals surface area contributed by atoms with Crippen LogP contribution in [0.1, 0.15) is 16.8 Å². The lowest BCUT2D eigenvalue weighted by Gasteiger charge is -2.25. The van der Waals surface area contributed by atoms with Crippen LogP contribution in [-0.4, -0.2) is 36.5 Å². The molecule has 1 fully saturated rings. The first-order valence-electron chi connectivity index (χ1n) is 5.37. The highest BCUT2D eigenvalue weighted by Crippen LogP contribution is 2.09. The standard InChI is InChI=1S/C12H12FNO3/c13-10-4-1-3-9(7-10)11(15)8-14-5-2-6-17-12(14)16/h1,3-4,7H,2,5-6,8H2. The number of cyclic esters (lactones) is 1. The van der Waals surface area contributed by atoms with Crippen molar-refractivity contribution < 1.29 is 18.7 Å². The molecular formula is C12H12FNO3. The van der Waals surface area contributed by atoms with Gasteiger partial charge in [-0.15, -0.1) is 0 Å². The van der Waals surface area contributed by atoms with Crippen LogP contribution in [0.25, 0.3) is 0 Å². The van der Waals surface area contributed by atoms with Crippen molar-refractivity contribution in [2.24, 2.45) is 0 Å². The van der Waals surface area contributed by atoms with E-state index >= 15 is 0 Å². The van der Waals surface area contributed by atoms with Crippen LogP contribution < -0.4 is 0 Å². The molecule has 17 heavy (non-hydrogen) atoms. The van der Waals surface area contributed by atoms with Gasteiger partial charge in [0, 0.05) is 12.1 Å². The van der Waals surface area contributed by atoms with Crippen molar-refractivity contribution in [3.63, 3.8) is 0 Å². The van der Waals surface area contributed by atoms with Gasteiger partial charge in [-0.2, -0.15) is 0 Å². The molecule has 0 unspecified atom stereocenters. The molecular weight excluding hydrogens is 225 g/mol. The molecule has 4 nitrogen and oxygen atoms in total. The Morgan fingerprint density at radius 1 is 1.47 bits per heavy atom. The molecule has 0 bridgehead atoms. The topological polar surface area (TPSA) is 46.6 Å². The van der Waals surface area contributed by atoms with Crippen molar-refractivity contribution in [3.8, 4) is 0 Å². The van der Waals surface area contributed by atoms with Crippen LogP contribution in [0.15, 0.2) is 24.3 Å². The highest BCUT2D eigenvalue weighted by atomic mass is 19.1. The van der Waals surface area contributed by atoms with Crippen LogP contribution in [0.4, 0.5) is 9.18 Å². The van der Waals surface area contributed by atoms with Crippen LogP contribution in [0, 0.1) is 5.82 Å². The summed E-state index contributed by atoms with van der Waals surface area (Å²) in [4.78, 5) is 24.4. The number of nitrogens with zero attached hydrogens (tertiary/aromatic N) is 1. The van der Waals surface area contributed by atoms with E-state index in [1.807, 2.05) is 0 Å². The van der Waals surface area contributed by atoms with E-state index in [9.17, 15) is 14.0 Å². The lowest BCUT2D eigenvalue weighted by atomic mass is 10.1. The first kappa shape index (κ1) is 11.6. The third-order valence-electron chi connectivity index (χ3n) is 2.54. The summed E-state index contributed by atoms with van der Waals surface area (Å²) in [6.07, 6.45) is 0.225. The van der Waals surface area contributed by atoms with E-state index in [0.29, 0.717) is 19.6 Å². The lowest BCUT2D eigenvalue weighted by Crippen LogP contribution is -2.40. The van der Waals surface area contributed by atoms with Crippen molar-refractivity contribution in [3.05, 3.63) is 35.6 Å². The van der Waals surface area contributed by atoms with Gasteiger partial charge >= 0.3 is 6.09 Å². The number of carbonyl (C=O) groups excluding carboxylic acids is 2. The van der Waals surface area contributed by atoms with Crippen molar-refractivity contribution >= 4 is 11.9 Å². The molecule has 0 saturated carbocycles. The van der Waals surface area contributed by atoms with E-state index in [1.165, 1.54) is 23.1 Å². The fraction of sp³-hybridized carbons (Fsp3) is 0.333. The van der Waals surface area contributed by atoms with E-state index in [1.54, 1.807) is 0 Å². The summed E-state index contributed by atoms with van der Waals surface area (Å²) in [7, 11) is 0. The van der Waals surface area contributed by atoms with Crippen LogP contribution in [-0.2, 0) is 4.74 Å². The quantitative estimate of drug-likeness (QED) is 0.754. The molecule has 2 rings (SSSR count). The first-order chi connectivity index (χ1) is 8.16. The lowest BCUT2D eigenvalue weighted by molar-refractivity contribution is 0.0655. The maximum absolute atomic E-state index is 12.9. The van der Waals surface area contributed by atoms with Crippen LogP contribution >= 0.6 is 0 Å². The molecule has 0 spiro atoms. The van der Waals surface area contributed by atoms with Gasteiger partial charge in [-0.05, 0) is 18.6 Å². The zero-order valence-corrected chi connectivity index (χ0v) is 9.19. The molecule has 1 aliphatic heterocycles. The Bertz CT molecular complexity index is 447. The van der Waals surface area contributed by atoms with Gasteiger partial charge < -0.3 is 9.64 Å². The number of rotatable bonds is 3. The van der Waals surface area contributed by atoms with Crippen LogP contribution in [0.5, 0.6) is 0 Å². The zero-order chi connectivity index (χ0) is 12.3. The highest BCUT2D eigenvalue weighted by molar-refractivity contribution is 5.98. The van der Waals surface area contributed by atoms with Crippen molar-refractivity contribution in [1.29, 1.82) is 0 Å². The van der Waals surface area contributed by atoms with E-state index < -0.39 is 11.9 Å². The molecule has 90 valence electrons. The third kappa shape index (κ3) is 2.81. The Morgan fingerprint density at radius 3 is 3.00 bits per heavy atom. The van der Waals surface area contributed by atoms with Gasteiger partial charge in [-0.1, -0.05) is 12.1 Å². The largest absolute Gasteiger partial charge is 0.449 e. The molecule has 1 aromatic carbocycles. The average Bonchev–Trinajstić information content (AvgIpc) is 2.32. The number of carbonyl (C=O) groups is 2. The first-order valence-corrected chi connectivity index (χ1v) is 5.37. The van der Waals surface area contributed by atoms with Crippen molar-refractivity contribution in [1.82, 2.24) is 4.90 Å². The normalized spacial score (nSPS) is 15.6. The minimum atomic E-state index is -0.485. The number of hydrogen-bond acceptors (Lipinski definition) is 3. The second kappa shape index (κ2) is 4.95. The molecule has 1 aliphatic rings. The van der Waals surface area contributed by atoms with E-state index in [0.717, 1.165) is 6.07 Å². The van der Waals surface area contributed by atoms with E-state index in [2.05, 4.69) is 0 Å². The molecule has 0 aromatic heterocycles. The predicted molar refractivity (Wildman–Crippen MR) is 58.3 cm³/mol. The SMILES string of the molecule is O=C(CN1CCCOC1=O)c1cccc(F)c1. The number of halogens is 1. The van der Waals surface area contributed by atoms with Crippen molar-refractivity contribution in [2.45, 2.75) is 6.42 Å². The number of ketones is 1. The second-order valence-corrected chi connectivity index (χ2v) is 3.82. The van der Waals surface area contributed by atoms with Gasteiger partial charge in [0.15, 0.2) is 5.78 Å². The Kier molecular flexibility index (Phi) is 3.37. The van der Waals surface area contributed by atoms with Gasteiger partial charge in [0.1, 0.15) is 5.82 Å². The summed E-state index contributed by atoms with van der Waals surface area (Å²) < 4.78 is 17.7. The van der Waals surface area contributed by atoms with Gasteiger partial charge in [0.25, 0.3) is 0 Å². The minimum Gasteiger partial charge on any atom is -0.449 e. The molecule has 0 radical (unpaired) electrons. The third-order valence-corrected chi connectivity index (χ3v) is 2.54. The average molecular weight is 237 g/mol. The van der Waals surface area contributed by atoms with Crippen LogP contribution in [0.2, 0.25) is 0 Å². The summed E-state index contributed by atoms with van der Waals surface area (Å²) >= 11 is 0. The maximum Gasteiger partial charge on any atom is 0.410 e. The number of benzene rings is 1. The number of ether oxygens (including phenoxy) is 1. The fourth-order valence-electron chi connectivity index (χ4n) is 1.67. The molecule has 1 amide bonds. The number of hydrogen-bond donors (Lipinski definition) is 0. The Hall–Kier alpha value is -1.91. The predicted octanol–water partition coefficient (Wildman–Crippen LogP) is 1.85. The zero-order valence-electron chi connectivity index (χ0n) is 9.19. The van der Waals surface area contributed by atoms with Crippen LogP contribution in [0.3, 0.4) is 0 Å². The van der Waals surface area contributed by atoms with Gasteiger partial charge in [-0.25, -0.2) is 9.18 Å². The molecule has 5 heteroatoms. The van der Waals surface area contributed by atoms with Gasteiger partial charge in [-0.3, -0.25) is 4.79 Å². The fourth-order valence-corrected chi connectivity index (χ4v) is 1.67. The van der Waals surface area contributed by atoms with Gasteiger partial charge in [0.05, 0.1) is 13.2 Å². The molecule has 0 N–H and O–H groups in total. The summed E-state index contributed by atoms with van der Waals surface area (Å²) in [6.45, 7) is 0.825. The molecule has 0 aliphatic carbocycles. The van der Waals surface area contributed by atoms with Gasteiger partial charge in [0.2, 0.25) is 0 Å². The Morgan fingerprint density at radius 2 is 2.29 bits per heavy atom. The molecule has 1 heterocycles. The summed E-state index contributed by atoms with van der Waals surface area (Å²) in [6, 6.07) is 5.43. The maximum atomic E-state index is 12.9. The Balaban J connectivity index is 2.03. The number of amides is 1. The smallest absolute Gasteiger partial charge is 0.410 e.